The zero-order chi connectivity index (χ0) is 17.6. The second-order valence-corrected chi connectivity index (χ2v) is 5.40. The minimum atomic E-state index is -0.320. The van der Waals surface area contributed by atoms with E-state index in [0.717, 1.165) is 5.56 Å². The first-order chi connectivity index (χ1) is 12.1. The summed E-state index contributed by atoms with van der Waals surface area (Å²) >= 11 is 0. The van der Waals surface area contributed by atoms with Crippen molar-refractivity contribution in [3.8, 4) is 0 Å². The molecule has 3 rings (SSSR count). The van der Waals surface area contributed by atoms with Gasteiger partial charge in [0.15, 0.2) is 5.69 Å². The lowest BCUT2D eigenvalue weighted by molar-refractivity contribution is 0.0944. The Morgan fingerprint density at radius 1 is 1.08 bits per heavy atom. The first kappa shape index (κ1) is 16.4. The topological polar surface area (TPSA) is 88.9 Å². The molecule has 0 fully saturated rings. The van der Waals surface area contributed by atoms with Gasteiger partial charge in [0.2, 0.25) is 0 Å². The van der Waals surface area contributed by atoms with Crippen LogP contribution in [0.25, 0.3) is 0 Å². The number of hydrogen-bond acceptors (Lipinski definition) is 4. The van der Waals surface area contributed by atoms with Gasteiger partial charge in [-0.3, -0.25) is 19.3 Å². The number of nitrogens with zero attached hydrogens (tertiary/aromatic N) is 3. The fourth-order valence-electron chi connectivity index (χ4n) is 2.25. The van der Waals surface area contributed by atoms with Crippen LogP contribution in [-0.4, -0.2) is 26.6 Å². The summed E-state index contributed by atoms with van der Waals surface area (Å²) in [5.74, 6) is -0.133. The Labute approximate surface area is 144 Å². The summed E-state index contributed by atoms with van der Waals surface area (Å²) in [5.41, 5.74) is 1.66. The van der Waals surface area contributed by atoms with Crippen LogP contribution < -0.4 is 10.6 Å². The van der Waals surface area contributed by atoms with Crippen molar-refractivity contribution in [1.82, 2.24) is 20.1 Å². The Morgan fingerprint density at radius 2 is 1.88 bits per heavy atom. The van der Waals surface area contributed by atoms with Crippen LogP contribution in [0.1, 0.15) is 26.4 Å². The molecule has 0 aliphatic carbocycles. The van der Waals surface area contributed by atoms with E-state index in [0.29, 0.717) is 17.9 Å². The van der Waals surface area contributed by atoms with Crippen molar-refractivity contribution in [3.63, 3.8) is 0 Å². The molecule has 0 saturated heterocycles. The number of nitrogens with one attached hydrogen (secondary N) is 2. The molecule has 0 spiro atoms. The molecular weight excluding hydrogens is 318 g/mol. The smallest absolute Gasteiger partial charge is 0.272 e. The molecule has 0 aliphatic rings. The lowest BCUT2D eigenvalue weighted by Crippen LogP contribution is -2.23. The molecule has 1 aromatic carbocycles. The molecule has 2 heterocycles. The van der Waals surface area contributed by atoms with Gasteiger partial charge in [0, 0.05) is 37.6 Å². The van der Waals surface area contributed by atoms with Gasteiger partial charge in [-0.05, 0) is 23.8 Å². The van der Waals surface area contributed by atoms with Crippen molar-refractivity contribution in [2.24, 2.45) is 7.05 Å². The summed E-state index contributed by atoms with van der Waals surface area (Å²) in [5, 5.41) is 9.66. The molecular formula is C18H17N5O2. The Kier molecular flexibility index (Phi) is 4.84. The number of pyridine rings is 1. The predicted molar refractivity (Wildman–Crippen MR) is 93.0 cm³/mol. The molecule has 7 nitrogen and oxygen atoms in total. The fourth-order valence-corrected chi connectivity index (χ4v) is 2.25. The highest BCUT2D eigenvalue weighted by atomic mass is 16.2. The molecule has 0 aliphatic heterocycles. The maximum atomic E-state index is 12.2. The maximum Gasteiger partial charge on any atom is 0.272 e. The third-order valence-electron chi connectivity index (χ3n) is 3.57. The molecule has 0 bridgehead atoms. The van der Waals surface area contributed by atoms with Gasteiger partial charge in [-0.25, -0.2) is 0 Å². The van der Waals surface area contributed by atoms with E-state index in [1.165, 1.54) is 4.68 Å². The minimum Gasteiger partial charge on any atom is -0.347 e. The van der Waals surface area contributed by atoms with E-state index in [9.17, 15) is 9.59 Å². The van der Waals surface area contributed by atoms with Crippen molar-refractivity contribution >= 4 is 17.6 Å². The zero-order valence-corrected chi connectivity index (χ0v) is 13.6. The molecule has 2 aromatic heterocycles. The third-order valence-corrected chi connectivity index (χ3v) is 3.57. The number of rotatable bonds is 5. The SMILES string of the molecule is Cn1nc(C(=O)NCc2cccnc2)cc1NC(=O)c1ccccc1. The molecule has 3 aromatic rings. The van der Waals surface area contributed by atoms with Gasteiger partial charge in [-0.1, -0.05) is 24.3 Å². The van der Waals surface area contributed by atoms with Crippen LogP contribution in [0.5, 0.6) is 0 Å². The summed E-state index contributed by atoms with van der Waals surface area (Å²) in [6, 6.07) is 14.1. The van der Waals surface area contributed by atoms with E-state index < -0.39 is 0 Å². The number of aryl methyl sites for hydroxylation is 1. The number of carbonyl (C=O) groups excluding carboxylic acids is 2. The molecule has 7 heteroatoms. The van der Waals surface area contributed by atoms with Crippen molar-refractivity contribution in [2.75, 3.05) is 5.32 Å². The molecule has 25 heavy (non-hydrogen) atoms. The monoisotopic (exact) mass is 335 g/mol. The summed E-state index contributed by atoms with van der Waals surface area (Å²) < 4.78 is 1.46. The van der Waals surface area contributed by atoms with Crippen LogP contribution in [0.15, 0.2) is 60.9 Å². The molecule has 0 radical (unpaired) electrons. The Bertz CT molecular complexity index is 875. The van der Waals surface area contributed by atoms with Gasteiger partial charge in [-0.2, -0.15) is 5.10 Å². The van der Waals surface area contributed by atoms with Crippen molar-refractivity contribution < 1.29 is 9.59 Å². The average Bonchev–Trinajstić information content (AvgIpc) is 3.02. The van der Waals surface area contributed by atoms with Gasteiger partial charge in [0.05, 0.1) is 0 Å². The van der Waals surface area contributed by atoms with E-state index in [-0.39, 0.29) is 17.5 Å². The van der Waals surface area contributed by atoms with Gasteiger partial charge in [-0.15, -0.1) is 0 Å². The van der Waals surface area contributed by atoms with Crippen LogP contribution >= 0.6 is 0 Å². The standard InChI is InChI=1S/C18H17N5O2/c1-23-16(21-17(24)14-7-3-2-4-8-14)10-15(22-23)18(25)20-12-13-6-5-9-19-11-13/h2-11H,12H2,1H3,(H,20,25)(H,21,24). The fraction of sp³-hybridized carbons (Fsp3) is 0.111. The second kappa shape index (κ2) is 7.39. The lowest BCUT2D eigenvalue weighted by atomic mass is 10.2. The van der Waals surface area contributed by atoms with Gasteiger partial charge < -0.3 is 10.6 Å². The first-order valence-corrected chi connectivity index (χ1v) is 7.71. The van der Waals surface area contributed by atoms with Crippen molar-refractivity contribution in [3.05, 3.63) is 77.7 Å². The Balaban J connectivity index is 1.65. The van der Waals surface area contributed by atoms with Crippen molar-refractivity contribution in [2.45, 2.75) is 6.54 Å². The van der Waals surface area contributed by atoms with Crippen LogP contribution in [0.2, 0.25) is 0 Å². The van der Waals surface area contributed by atoms with Gasteiger partial charge in [0.1, 0.15) is 5.82 Å². The number of benzene rings is 1. The van der Waals surface area contributed by atoms with E-state index >= 15 is 0 Å². The van der Waals surface area contributed by atoms with Gasteiger partial charge in [0.25, 0.3) is 11.8 Å². The normalized spacial score (nSPS) is 10.3. The van der Waals surface area contributed by atoms with Crippen LogP contribution in [0.4, 0.5) is 5.82 Å². The maximum absolute atomic E-state index is 12.2. The highest BCUT2D eigenvalue weighted by molar-refractivity contribution is 6.04. The third kappa shape index (κ3) is 4.08. The van der Waals surface area contributed by atoms with Crippen molar-refractivity contribution in [1.29, 1.82) is 0 Å². The first-order valence-electron chi connectivity index (χ1n) is 7.71. The predicted octanol–water partition coefficient (Wildman–Crippen LogP) is 2.00. The Morgan fingerprint density at radius 3 is 2.60 bits per heavy atom. The lowest BCUT2D eigenvalue weighted by Gasteiger charge is -2.04. The summed E-state index contributed by atoms with van der Waals surface area (Å²) in [6.07, 6.45) is 3.36. The number of hydrogen-bond donors (Lipinski definition) is 2. The second-order valence-electron chi connectivity index (χ2n) is 5.40. The molecule has 0 unspecified atom stereocenters. The molecule has 0 atom stereocenters. The largest absolute Gasteiger partial charge is 0.347 e. The average molecular weight is 335 g/mol. The Hall–Kier alpha value is -3.48. The number of amides is 2. The number of carbonyl (C=O) groups is 2. The van der Waals surface area contributed by atoms with E-state index in [2.05, 4.69) is 20.7 Å². The molecule has 2 N–H and O–H groups in total. The summed E-state index contributed by atoms with van der Waals surface area (Å²) in [6.45, 7) is 0.356. The van der Waals surface area contributed by atoms with Crippen LogP contribution in [-0.2, 0) is 13.6 Å². The van der Waals surface area contributed by atoms with Crippen LogP contribution in [0, 0.1) is 0 Å². The molecule has 0 saturated carbocycles. The molecule has 126 valence electrons. The number of aromatic nitrogens is 3. The quantitative estimate of drug-likeness (QED) is 0.746. The van der Waals surface area contributed by atoms with Gasteiger partial charge >= 0.3 is 0 Å². The van der Waals surface area contributed by atoms with E-state index in [1.54, 1.807) is 55.8 Å². The summed E-state index contributed by atoms with van der Waals surface area (Å²) in [7, 11) is 1.67. The van der Waals surface area contributed by atoms with E-state index in [4.69, 9.17) is 0 Å². The highest BCUT2D eigenvalue weighted by Gasteiger charge is 2.15. The highest BCUT2D eigenvalue weighted by Crippen LogP contribution is 2.11. The van der Waals surface area contributed by atoms with Crippen LogP contribution in [0.3, 0.4) is 0 Å². The molecule has 2 amide bonds. The number of anilines is 1. The summed E-state index contributed by atoms with van der Waals surface area (Å²) in [4.78, 5) is 28.4. The zero-order valence-electron chi connectivity index (χ0n) is 13.6. The van der Waals surface area contributed by atoms with E-state index in [1.807, 2.05) is 12.1 Å². The minimum absolute atomic E-state index is 0.231.